The SMILES string of the molecule is O=C(Oc1ccc(Cl)cc1Cl)N(c1ccc(Cl)cc1Cl)c1ccc(Cl)cc1Cl. The summed E-state index contributed by atoms with van der Waals surface area (Å²) in [4.78, 5) is 14.3. The van der Waals surface area contributed by atoms with Crippen LogP contribution in [0, 0.1) is 0 Å². The van der Waals surface area contributed by atoms with Crippen LogP contribution in [0.15, 0.2) is 54.6 Å². The third-order valence-corrected chi connectivity index (χ3v) is 5.18. The molecule has 144 valence electrons. The Bertz CT molecular complexity index is 1010. The van der Waals surface area contributed by atoms with Crippen LogP contribution in [0.25, 0.3) is 0 Å². The van der Waals surface area contributed by atoms with Crippen LogP contribution >= 0.6 is 69.6 Å². The van der Waals surface area contributed by atoms with E-state index in [4.69, 9.17) is 74.3 Å². The Balaban J connectivity index is 2.08. The molecule has 3 rings (SSSR count). The Hall–Kier alpha value is -1.33. The standard InChI is InChI=1S/C19H9Cl6NO2/c20-10-1-4-16(13(23)7-10)26(17-5-2-11(21)8-14(17)24)19(27)28-18-6-3-12(22)9-15(18)25/h1-9H. The highest BCUT2D eigenvalue weighted by Gasteiger charge is 2.25. The second-order valence-corrected chi connectivity index (χ2v) is 8.00. The number of rotatable bonds is 3. The van der Waals surface area contributed by atoms with E-state index in [0.717, 1.165) is 0 Å². The van der Waals surface area contributed by atoms with E-state index in [-0.39, 0.29) is 20.8 Å². The lowest BCUT2D eigenvalue weighted by Gasteiger charge is -2.24. The molecule has 0 heterocycles. The normalized spacial score (nSPS) is 10.6. The smallest absolute Gasteiger partial charge is 0.408 e. The number of anilines is 2. The van der Waals surface area contributed by atoms with E-state index in [1.165, 1.54) is 29.2 Å². The molecule has 0 spiro atoms. The molecule has 3 aromatic carbocycles. The topological polar surface area (TPSA) is 29.5 Å². The maximum absolute atomic E-state index is 13.1. The minimum Gasteiger partial charge on any atom is -0.408 e. The molecular formula is C19H9Cl6NO2. The van der Waals surface area contributed by atoms with Crippen LogP contribution < -0.4 is 9.64 Å². The van der Waals surface area contributed by atoms with Gasteiger partial charge in [0.25, 0.3) is 0 Å². The van der Waals surface area contributed by atoms with Crippen LogP contribution in [0.5, 0.6) is 5.75 Å². The number of amides is 1. The van der Waals surface area contributed by atoms with Gasteiger partial charge in [-0.3, -0.25) is 0 Å². The van der Waals surface area contributed by atoms with Crippen LogP contribution in [0.4, 0.5) is 16.2 Å². The van der Waals surface area contributed by atoms with Crippen molar-refractivity contribution in [2.75, 3.05) is 4.90 Å². The molecule has 0 radical (unpaired) electrons. The van der Waals surface area contributed by atoms with E-state index in [1.54, 1.807) is 30.3 Å². The molecule has 28 heavy (non-hydrogen) atoms. The van der Waals surface area contributed by atoms with Crippen molar-refractivity contribution in [3.8, 4) is 5.75 Å². The molecule has 3 nitrogen and oxygen atoms in total. The number of ether oxygens (including phenoxy) is 1. The van der Waals surface area contributed by atoms with E-state index in [0.29, 0.717) is 26.4 Å². The number of halogens is 6. The van der Waals surface area contributed by atoms with Crippen molar-refractivity contribution < 1.29 is 9.53 Å². The summed E-state index contributed by atoms with van der Waals surface area (Å²) in [7, 11) is 0. The molecule has 0 fully saturated rings. The van der Waals surface area contributed by atoms with Crippen molar-refractivity contribution in [2.24, 2.45) is 0 Å². The van der Waals surface area contributed by atoms with E-state index in [9.17, 15) is 4.79 Å². The minimum atomic E-state index is -0.794. The summed E-state index contributed by atoms with van der Waals surface area (Å²) < 4.78 is 5.45. The molecule has 9 heteroatoms. The lowest BCUT2D eigenvalue weighted by Crippen LogP contribution is -2.29. The van der Waals surface area contributed by atoms with Gasteiger partial charge in [-0.25, -0.2) is 9.69 Å². The molecule has 0 N–H and O–H groups in total. The summed E-state index contributed by atoms with van der Waals surface area (Å²) in [5, 5.41) is 1.83. The predicted molar refractivity (Wildman–Crippen MR) is 118 cm³/mol. The van der Waals surface area contributed by atoms with E-state index >= 15 is 0 Å². The van der Waals surface area contributed by atoms with Gasteiger partial charge in [-0.15, -0.1) is 0 Å². The van der Waals surface area contributed by atoms with Gasteiger partial charge in [0.2, 0.25) is 0 Å². The highest BCUT2D eigenvalue weighted by molar-refractivity contribution is 6.39. The molecule has 1 amide bonds. The van der Waals surface area contributed by atoms with Crippen molar-refractivity contribution in [2.45, 2.75) is 0 Å². The third-order valence-electron chi connectivity index (χ3n) is 3.58. The summed E-state index contributed by atoms with van der Waals surface area (Å²) in [6.45, 7) is 0. The van der Waals surface area contributed by atoms with Crippen molar-refractivity contribution >= 4 is 87.1 Å². The van der Waals surface area contributed by atoms with Crippen molar-refractivity contribution in [3.63, 3.8) is 0 Å². The van der Waals surface area contributed by atoms with Crippen molar-refractivity contribution in [1.29, 1.82) is 0 Å². The molecule has 0 aromatic heterocycles. The quantitative estimate of drug-likeness (QED) is 0.363. The number of carbonyl (C=O) groups is 1. The highest BCUT2D eigenvalue weighted by Crippen LogP contribution is 2.39. The Morgan fingerprint density at radius 3 is 1.50 bits per heavy atom. The molecule has 0 aliphatic rings. The van der Waals surface area contributed by atoms with Crippen molar-refractivity contribution in [3.05, 3.63) is 84.7 Å². The van der Waals surface area contributed by atoms with Gasteiger partial charge in [0.1, 0.15) is 0 Å². The molecule has 0 aliphatic carbocycles. The number of hydrogen-bond donors (Lipinski definition) is 0. The summed E-state index contributed by atoms with van der Waals surface area (Å²) in [6.07, 6.45) is -0.794. The molecule has 0 bridgehead atoms. The van der Waals surface area contributed by atoms with Gasteiger partial charge in [0.05, 0.1) is 26.4 Å². The predicted octanol–water partition coefficient (Wildman–Crippen LogP) is 8.94. The van der Waals surface area contributed by atoms with E-state index < -0.39 is 6.09 Å². The first-order valence-corrected chi connectivity index (χ1v) is 9.90. The molecule has 0 aliphatic heterocycles. The van der Waals surface area contributed by atoms with Crippen LogP contribution in [0.3, 0.4) is 0 Å². The minimum absolute atomic E-state index is 0.122. The zero-order valence-corrected chi connectivity index (χ0v) is 18.3. The zero-order valence-electron chi connectivity index (χ0n) is 13.7. The molecular weight excluding hydrogens is 487 g/mol. The van der Waals surface area contributed by atoms with Crippen LogP contribution in [0.2, 0.25) is 30.1 Å². The van der Waals surface area contributed by atoms with Crippen LogP contribution in [-0.4, -0.2) is 6.09 Å². The third kappa shape index (κ3) is 4.80. The summed E-state index contributed by atoms with van der Waals surface area (Å²) in [5.41, 5.74) is 0.621. The average Bonchev–Trinajstić information content (AvgIpc) is 2.61. The first kappa shape index (κ1) is 21.4. The molecule has 0 saturated heterocycles. The maximum Gasteiger partial charge on any atom is 0.424 e. The monoisotopic (exact) mass is 493 g/mol. The van der Waals surface area contributed by atoms with Gasteiger partial charge in [-0.1, -0.05) is 69.6 Å². The maximum atomic E-state index is 13.1. The zero-order chi connectivity index (χ0) is 20.4. The Kier molecular flexibility index (Phi) is 6.87. The Labute approximate surface area is 191 Å². The first-order chi connectivity index (χ1) is 13.3. The fourth-order valence-corrected chi connectivity index (χ4v) is 3.78. The average molecular weight is 496 g/mol. The van der Waals surface area contributed by atoms with Gasteiger partial charge in [-0.05, 0) is 54.6 Å². The largest absolute Gasteiger partial charge is 0.424 e. The fraction of sp³-hybridized carbons (Fsp3) is 0. The van der Waals surface area contributed by atoms with E-state index in [2.05, 4.69) is 0 Å². The molecule has 0 atom stereocenters. The lowest BCUT2D eigenvalue weighted by molar-refractivity contribution is 0.210. The fourth-order valence-electron chi connectivity index (χ4n) is 2.35. The molecule has 0 saturated carbocycles. The van der Waals surface area contributed by atoms with Gasteiger partial charge >= 0.3 is 6.09 Å². The highest BCUT2D eigenvalue weighted by atomic mass is 35.5. The molecule has 3 aromatic rings. The number of nitrogens with zero attached hydrogens (tertiary/aromatic N) is 1. The van der Waals surface area contributed by atoms with Crippen LogP contribution in [-0.2, 0) is 0 Å². The summed E-state index contributed by atoms with van der Waals surface area (Å²) >= 11 is 36.6. The molecule has 0 unspecified atom stereocenters. The number of carbonyl (C=O) groups excluding carboxylic acids is 1. The second-order valence-electron chi connectivity index (χ2n) is 5.47. The Morgan fingerprint density at radius 1 is 0.643 bits per heavy atom. The lowest BCUT2D eigenvalue weighted by atomic mass is 10.2. The van der Waals surface area contributed by atoms with Crippen LogP contribution in [0.1, 0.15) is 0 Å². The van der Waals surface area contributed by atoms with E-state index in [1.807, 2.05) is 0 Å². The van der Waals surface area contributed by atoms with Gasteiger partial charge < -0.3 is 4.74 Å². The number of hydrogen-bond acceptors (Lipinski definition) is 2. The summed E-state index contributed by atoms with van der Waals surface area (Å²) in [5.74, 6) is 0.122. The van der Waals surface area contributed by atoms with Gasteiger partial charge in [-0.2, -0.15) is 0 Å². The summed E-state index contributed by atoms with van der Waals surface area (Å²) in [6, 6.07) is 13.8. The number of benzene rings is 3. The van der Waals surface area contributed by atoms with Gasteiger partial charge in [0.15, 0.2) is 5.75 Å². The second kappa shape index (κ2) is 9.00. The first-order valence-electron chi connectivity index (χ1n) is 7.63. The van der Waals surface area contributed by atoms with Gasteiger partial charge in [0, 0.05) is 15.1 Å². The van der Waals surface area contributed by atoms with Crippen molar-refractivity contribution in [1.82, 2.24) is 0 Å². The Morgan fingerprint density at radius 2 is 1.07 bits per heavy atom.